The summed E-state index contributed by atoms with van der Waals surface area (Å²) in [5.74, 6) is 0.363. The van der Waals surface area contributed by atoms with Gasteiger partial charge >= 0.3 is 0 Å². The van der Waals surface area contributed by atoms with Gasteiger partial charge in [0.25, 0.3) is 11.1 Å². The second-order valence-electron chi connectivity index (χ2n) is 5.63. The van der Waals surface area contributed by atoms with Gasteiger partial charge in [-0.25, -0.2) is 4.90 Å². The molecule has 2 aromatic carbocycles. The van der Waals surface area contributed by atoms with Crippen molar-refractivity contribution in [2.45, 2.75) is 0 Å². The maximum Gasteiger partial charge on any atom is 0.298 e. The molecule has 144 valence electrons. The van der Waals surface area contributed by atoms with E-state index in [-0.39, 0.29) is 11.5 Å². The molecule has 0 bridgehead atoms. The first-order valence-corrected chi connectivity index (χ1v) is 9.66. The number of amides is 2. The number of rotatable bonds is 6. The van der Waals surface area contributed by atoms with Gasteiger partial charge in [-0.2, -0.15) is 0 Å². The van der Waals surface area contributed by atoms with E-state index in [2.05, 4.69) is 6.58 Å². The van der Waals surface area contributed by atoms with Crippen LogP contribution in [0, 0.1) is 0 Å². The molecule has 1 saturated heterocycles. The van der Waals surface area contributed by atoms with Crippen LogP contribution in [0.25, 0.3) is 6.08 Å². The molecule has 0 radical (unpaired) electrons. The molecule has 1 aliphatic heterocycles. The van der Waals surface area contributed by atoms with E-state index in [1.165, 1.54) is 7.11 Å². The highest BCUT2D eigenvalue weighted by Gasteiger charge is 2.36. The molecule has 1 fully saturated rings. The van der Waals surface area contributed by atoms with Crippen molar-refractivity contribution >= 4 is 57.9 Å². The van der Waals surface area contributed by atoms with Gasteiger partial charge in [-0.05, 0) is 53.7 Å². The van der Waals surface area contributed by atoms with E-state index in [0.717, 1.165) is 16.7 Å². The topological polar surface area (TPSA) is 55.8 Å². The molecule has 2 amide bonds. The number of halogens is 2. The van der Waals surface area contributed by atoms with Gasteiger partial charge in [-0.3, -0.25) is 9.59 Å². The Kier molecular flexibility index (Phi) is 6.34. The van der Waals surface area contributed by atoms with Crippen LogP contribution in [0.3, 0.4) is 0 Å². The lowest BCUT2D eigenvalue weighted by atomic mass is 10.1. The number of imide groups is 1. The Morgan fingerprint density at radius 1 is 1.21 bits per heavy atom. The summed E-state index contributed by atoms with van der Waals surface area (Å²) in [4.78, 5) is 26.5. The molecule has 0 unspecified atom stereocenters. The lowest BCUT2D eigenvalue weighted by molar-refractivity contribution is -0.113. The van der Waals surface area contributed by atoms with Crippen LogP contribution in [0.15, 0.2) is 54.0 Å². The Bertz CT molecular complexity index is 990. The first-order valence-electron chi connectivity index (χ1n) is 8.09. The van der Waals surface area contributed by atoms with Crippen LogP contribution in [0.4, 0.5) is 10.5 Å². The average Bonchev–Trinajstić information content (AvgIpc) is 2.93. The minimum absolute atomic E-state index is 0.267. The molecule has 3 rings (SSSR count). The van der Waals surface area contributed by atoms with Crippen molar-refractivity contribution in [3.8, 4) is 11.5 Å². The molecule has 0 aromatic heterocycles. The van der Waals surface area contributed by atoms with Gasteiger partial charge in [0.1, 0.15) is 6.61 Å². The van der Waals surface area contributed by atoms with E-state index in [1.807, 2.05) is 0 Å². The minimum Gasteiger partial charge on any atom is -0.493 e. The molecule has 0 spiro atoms. The monoisotopic (exact) mass is 435 g/mol. The van der Waals surface area contributed by atoms with Crippen LogP contribution < -0.4 is 14.4 Å². The van der Waals surface area contributed by atoms with Gasteiger partial charge in [-0.15, -0.1) is 0 Å². The van der Waals surface area contributed by atoms with Gasteiger partial charge in [0.05, 0.1) is 22.7 Å². The molecular formula is C20H15Cl2NO4S. The zero-order valence-electron chi connectivity index (χ0n) is 14.8. The van der Waals surface area contributed by atoms with Gasteiger partial charge in [0.2, 0.25) is 0 Å². The summed E-state index contributed by atoms with van der Waals surface area (Å²) in [6, 6.07) is 9.87. The quantitative estimate of drug-likeness (QED) is 0.423. The SMILES string of the molecule is C=CCOc1c(Cl)cc(/C=C2/SC(=O)N(c3cccc(Cl)c3)C2=O)cc1OC. The number of benzene rings is 2. The van der Waals surface area contributed by atoms with Crippen LogP contribution in [0.2, 0.25) is 10.0 Å². The average molecular weight is 436 g/mol. The normalized spacial score (nSPS) is 15.2. The number of methoxy groups -OCH3 is 1. The van der Waals surface area contributed by atoms with E-state index < -0.39 is 11.1 Å². The van der Waals surface area contributed by atoms with Gasteiger partial charge < -0.3 is 9.47 Å². The number of nitrogens with zero attached hydrogens (tertiary/aromatic N) is 1. The number of hydrogen-bond acceptors (Lipinski definition) is 5. The fourth-order valence-corrected chi connectivity index (χ4v) is 3.86. The number of thioether (sulfide) groups is 1. The molecular weight excluding hydrogens is 421 g/mol. The zero-order chi connectivity index (χ0) is 20.3. The summed E-state index contributed by atoms with van der Waals surface area (Å²) in [7, 11) is 1.49. The van der Waals surface area contributed by atoms with Crippen LogP contribution >= 0.6 is 35.0 Å². The first kappa shape index (κ1) is 20.3. The third kappa shape index (κ3) is 4.19. The van der Waals surface area contributed by atoms with Crippen molar-refractivity contribution in [2.75, 3.05) is 18.6 Å². The molecule has 2 aromatic rings. The molecule has 1 heterocycles. The summed E-state index contributed by atoms with van der Waals surface area (Å²) in [6.07, 6.45) is 3.18. The van der Waals surface area contributed by atoms with Crippen molar-refractivity contribution in [3.63, 3.8) is 0 Å². The molecule has 5 nitrogen and oxygen atoms in total. The summed E-state index contributed by atoms with van der Waals surface area (Å²) in [6.45, 7) is 3.87. The van der Waals surface area contributed by atoms with Crippen molar-refractivity contribution in [3.05, 3.63) is 69.6 Å². The van der Waals surface area contributed by atoms with Crippen LogP contribution in [-0.2, 0) is 4.79 Å². The minimum atomic E-state index is -0.431. The third-order valence-corrected chi connectivity index (χ3v) is 5.14. The van der Waals surface area contributed by atoms with Gasteiger partial charge in [0.15, 0.2) is 11.5 Å². The summed E-state index contributed by atoms with van der Waals surface area (Å²) < 4.78 is 10.8. The Balaban J connectivity index is 1.93. The van der Waals surface area contributed by atoms with Crippen molar-refractivity contribution in [2.24, 2.45) is 0 Å². The number of hydrogen-bond donors (Lipinski definition) is 0. The molecule has 28 heavy (non-hydrogen) atoms. The maximum atomic E-state index is 12.8. The molecule has 0 N–H and O–H groups in total. The fourth-order valence-electron chi connectivity index (χ4n) is 2.56. The predicted octanol–water partition coefficient (Wildman–Crippen LogP) is 5.81. The van der Waals surface area contributed by atoms with Crippen molar-refractivity contribution in [1.29, 1.82) is 0 Å². The van der Waals surface area contributed by atoms with E-state index in [4.69, 9.17) is 32.7 Å². The molecule has 0 saturated carbocycles. The summed E-state index contributed by atoms with van der Waals surface area (Å²) in [5, 5.41) is 0.358. The number of carbonyl (C=O) groups is 2. The largest absolute Gasteiger partial charge is 0.493 e. The predicted molar refractivity (Wildman–Crippen MR) is 114 cm³/mol. The Labute approximate surface area is 176 Å². The molecule has 0 atom stereocenters. The van der Waals surface area contributed by atoms with Crippen LogP contribution in [0.1, 0.15) is 5.56 Å². The smallest absolute Gasteiger partial charge is 0.298 e. The standard InChI is InChI=1S/C20H15Cl2NO4S/c1-3-7-27-18-15(22)8-12(9-16(18)26-2)10-17-19(24)23(20(25)28-17)14-6-4-5-13(21)11-14/h3-6,8-11H,1,7H2,2H3/b17-10+. The molecule has 8 heteroatoms. The molecule has 1 aliphatic rings. The second-order valence-corrected chi connectivity index (χ2v) is 7.47. The molecule has 0 aliphatic carbocycles. The highest BCUT2D eigenvalue weighted by atomic mass is 35.5. The lowest BCUT2D eigenvalue weighted by Gasteiger charge is -2.13. The fraction of sp³-hybridized carbons (Fsp3) is 0.100. The highest BCUT2D eigenvalue weighted by Crippen LogP contribution is 2.40. The number of anilines is 1. The lowest BCUT2D eigenvalue weighted by Crippen LogP contribution is -2.27. The van der Waals surface area contributed by atoms with Gasteiger partial charge in [0, 0.05) is 5.02 Å². The maximum absolute atomic E-state index is 12.8. The first-order chi connectivity index (χ1) is 13.4. The zero-order valence-corrected chi connectivity index (χ0v) is 17.1. The Morgan fingerprint density at radius 2 is 2.00 bits per heavy atom. The van der Waals surface area contributed by atoms with Crippen molar-refractivity contribution in [1.82, 2.24) is 0 Å². The van der Waals surface area contributed by atoms with E-state index in [9.17, 15) is 9.59 Å². The Morgan fingerprint density at radius 3 is 2.68 bits per heavy atom. The highest BCUT2D eigenvalue weighted by molar-refractivity contribution is 8.19. The van der Waals surface area contributed by atoms with Crippen molar-refractivity contribution < 1.29 is 19.1 Å². The number of carbonyl (C=O) groups excluding carboxylic acids is 2. The van der Waals surface area contributed by atoms with Gasteiger partial charge in [-0.1, -0.05) is 41.9 Å². The van der Waals surface area contributed by atoms with Crippen LogP contribution in [-0.4, -0.2) is 24.9 Å². The second kappa shape index (κ2) is 8.73. The van der Waals surface area contributed by atoms with E-state index in [1.54, 1.807) is 48.6 Å². The summed E-state index contributed by atoms with van der Waals surface area (Å²) in [5.41, 5.74) is 1.02. The van der Waals surface area contributed by atoms with E-state index >= 15 is 0 Å². The van der Waals surface area contributed by atoms with E-state index in [0.29, 0.717) is 32.8 Å². The Hall–Kier alpha value is -2.41. The number of ether oxygens (including phenoxy) is 2. The summed E-state index contributed by atoms with van der Waals surface area (Å²) >= 11 is 13.1. The van der Waals surface area contributed by atoms with Crippen LogP contribution in [0.5, 0.6) is 11.5 Å². The third-order valence-electron chi connectivity index (χ3n) is 3.76.